The smallest absolute Gasteiger partial charge is 0.339 e. The molecule has 23 heavy (non-hydrogen) atoms. The lowest BCUT2D eigenvalue weighted by atomic mass is 9.87. The summed E-state index contributed by atoms with van der Waals surface area (Å²) in [6, 6.07) is 3.11. The first-order chi connectivity index (χ1) is 11.0. The van der Waals surface area contributed by atoms with Crippen molar-refractivity contribution in [3.05, 3.63) is 17.7 Å². The molecule has 0 aliphatic heterocycles. The number of benzene rings is 1. The molecule has 0 spiro atoms. The van der Waals surface area contributed by atoms with Crippen LogP contribution in [0.4, 0.5) is 0 Å². The van der Waals surface area contributed by atoms with Gasteiger partial charge in [-0.05, 0) is 37.8 Å². The van der Waals surface area contributed by atoms with Crippen LogP contribution >= 0.6 is 9.24 Å². The van der Waals surface area contributed by atoms with E-state index in [0.717, 1.165) is 18.1 Å². The van der Waals surface area contributed by atoms with Crippen molar-refractivity contribution in [1.82, 2.24) is 0 Å². The molecule has 1 saturated carbocycles. The van der Waals surface area contributed by atoms with E-state index in [-0.39, 0.29) is 23.6 Å². The van der Waals surface area contributed by atoms with E-state index in [1.807, 2.05) is 0 Å². The zero-order valence-electron chi connectivity index (χ0n) is 13.2. The monoisotopic (exact) mass is 340 g/mol. The Hall–Kier alpha value is -1.81. The van der Waals surface area contributed by atoms with E-state index in [1.54, 1.807) is 6.07 Å². The molecule has 1 aromatic rings. The number of hydrogen-bond acceptors (Lipinski definition) is 5. The maximum Gasteiger partial charge on any atom is 0.339 e. The van der Waals surface area contributed by atoms with E-state index in [2.05, 4.69) is 9.24 Å². The van der Waals surface area contributed by atoms with E-state index in [4.69, 9.17) is 14.2 Å². The maximum atomic E-state index is 11.5. The van der Waals surface area contributed by atoms with Crippen LogP contribution in [0.3, 0.4) is 0 Å². The fourth-order valence-corrected chi connectivity index (χ4v) is 3.08. The van der Waals surface area contributed by atoms with Gasteiger partial charge in [-0.2, -0.15) is 0 Å². The highest BCUT2D eigenvalue weighted by atomic mass is 31.0. The molecule has 1 unspecified atom stereocenters. The van der Waals surface area contributed by atoms with Crippen LogP contribution in [0.1, 0.15) is 36.0 Å². The summed E-state index contributed by atoms with van der Waals surface area (Å²) in [6.07, 6.45) is 2.86. The summed E-state index contributed by atoms with van der Waals surface area (Å²) in [5.74, 6) is -0.501. The Kier molecular flexibility index (Phi) is 5.83. The molecule has 1 atom stereocenters. The van der Waals surface area contributed by atoms with Gasteiger partial charge in [-0.1, -0.05) is 0 Å². The fraction of sp³-hybridized carbons (Fsp3) is 0.500. The second kappa shape index (κ2) is 7.64. The lowest BCUT2D eigenvalue weighted by molar-refractivity contribution is -0.147. The number of rotatable bonds is 5. The molecule has 0 radical (unpaired) electrons. The van der Waals surface area contributed by atoms with Gasteiger partial charge in [-0.25, -0.2) is 4.79 Å². The van der Waals surface area contributed by atoms with Crippen LogP contribution < -0.4 is 14.8 Å². The van der Waals surface area contributed by atoms with Crippen molar-refractivity contribution in [1.29, 1.82) is 0 Å². The van der Waals surface area contributed by atoms with Gasteiger partial charge in [0, 0.05) is 5.30 Å². The van der Waals surface area contributed by atoms with Gasteiger partial charge in [-0.3, -0.25) is 4.79 Å². The van der Waals surface area contributed by atoms with Gasteiger partial charge in [0.05, 0.1) is 26.2 Å². The van der Waals surface area contributed by atoms with E-state index in [0.29, 0.717) is 24.3 Å². The second-order valence-electron chi connectivity index (χ2n) is 5.51. The predicted octanol–water partition coefficient (Wildman–Crippen LogP) is 2.00. The molecule has 1 aliphatic carbocycles. The van der Waals surface area contributed by atoms with Gasteiger partial charge in [0.25, 0.3) is 0 Å². The highest BCUT2D eigenvalue weighted by Gasteiger charge is 2.28. The van der Waals surface area contributed by atoms with E-state index < -0.39 is 5.97 Å². The summed E-state index contributed by atoms with van der Waals surface area (Å²) in [5, 5.41) is 9.99. The molecule has 1 aliphatic rings. The predicted molar refractivity (Wildman–Crippen MR) is 87.7 cm³/mol. The van der Waals surface area contributed by atoms with E-state index >= 15 is 0 Å². The number of aromatic carboxylic acids is 1. The Morgan fingerprint density at radius 1 is 1.13 bits per heavy atom. The van der Waals surface area contributed by atoms with Crippen LogP contribution in [0.25, 0.3) is 0 Å². The van der Waals surface area contributed by atoms with Crippen LogP contribution in [-0.2, 0) is 9.53 Å². The first kappa shape index (κ1) is 17.5. The number of carboxylic acid groups (broad SMARTS) is 1. The van der Waals surface area contributed by atoms with Crippen molar-refractivity contribution in [3.8, 4) is 11.5 Å². The molecule has 0 bridgehead atoms. The third-order valence-corrected chi connectivity index (χ3v) is 4.52. The van der Waals surface area contributed by atoms with Crippen LogP contribution in [0.5, 0.6) is 11.5 Å². The molecular formula is C16H21O6P. The van der Waals surface area contributed by atoms with Crippen molar-refractivity contribution in [3.63, 3.8) is 0 Å². The first-order valence-electron chi connectivity index (χ1n) is 7.41. The number of carboxylic acids is 1. The Bertz CT molecular complexity index is 592. The summed E-state index contributed by atoms with van der Waals surface area (Å²) < 4.78 is 15.8. The number of methoxy groups -OCH3 is 2. The van der Waals surface area contributed by atoms with Gasteiger partial charge in [0.2, 0.25) is 0 Å². The molecule has 1 aromatic carbocycles. The van der Waals surface area contributed by atoms with Gasteiger partial charge >= 0.3 is 11.9 Å². The molecule has 2 rings (SSSR count). The van der Waals surface area contributed by atoms with Crippen LogP contribution in [0.2, 0.25) is 0 Å². The van der Waals surface area contributed by atoms with Crippen molar-refractivity contribution >= 4 is 26.5 Å². The number of carbonyl (C=O) groups is 2. The molecule has 0 heterocycles. The molecule has 0 saturated heterocycles. The average molecular weight is 340 g/mol. The largest absolute Gasteiger partial charge is 0.496 e. The number of carbonyl (C=O) groups excluding carboxylic acids is 1. The minimum Gasteiger partial charge on any atom is -0.496 e. The Morgan fingerprint density at radius 3 is 2.30 bits per heavy atom. The lowest BCUT2D eigenvalue weighted by Crippen LogP contribution is -2.29. The topological polar surface area (TPSA) is 82.1 Å². The maximum absolute atomic E-state index is 11.5. The number of ether oxygens (including phenoxy) is 3. The lowest BCUT2D eigenvalue weighted by Gasteiger charge is -2.28. The molecule has 1 N–H and O–H groups in total. The van der Waals surface area contributed by atoms with Gasteiger partial charge < -0.3 is 19.3 Å². The first-order valence-corrected chi connectivity index (χ1v) is 7.99. The minimum absolute atomic E-state index is 0.0368. The third kappa shape index (κ3) is 4.14. The quantitative estimate of drug-likeness (QED) is 0.652. The van der Waals surface area contributed by atoms with Crippen LogP contribution in [-0.4, -0.2) is 37.4 Å². The normalized spacial score (nSPS) is 20.7. The molecular weight excluding hydrogens is 319 g/mol. The molecule has 0 amide bonds. The zero-order chi connectivity index (χ0) is 17.0. The summed E-state index contributed by atoms with van der Waals surface area (Å²) in [4.78, 5) is 22.8. The van der Waals surface area contributed by atoms with Crippen molar-refractivity contribution in [2.45, 2.75) is 31.8 Å². The summed E-state index contributed by atoms with van der Waals surface area (Å²) >= 11 is 0. The average Bonchev–Trinajstić information content (AvgIpc) is 2.56. The molecule has 126 valence electrons. The van der Waals surface area contributed by atoms with Crippen molar-refractivity contribution in [2.75, 3.05) is 14.2 Å². The fourth-order valence-electron chi connectivity index (χ4n) is 2.78. The van der Waals surface area contributed by atoms with Crippen LogP contribution in [0.15, 0.2) is 12.1 Å². The summed E-state index contributed by atoms with van der Waals surface area (Å²) in [7, 11) is 5.36. The molecule has 6 nitrogen and oxygen atoms in total. The zero-order valence-corrected chi connectivity index (χ0v) is 14.4. The number of hydrogen-bond donors (Lipinski definition) is 1. The van der Waals surface area contributed by atoms with Crippen molar-refractivity contribution < 1.29 is 28.9 Å². The van der Waals surface area contributed by atoms with Crippen LogP contribution in [0, 0.1) is 5.92 Å². The summed E-state index contributed by atoms with van der Waals surface area (Å²) in [6.45, 7) is 0. The minimum atomic E-state index is -1.06. The third-order valence-electron chi connectivity index (χ3n) is 4.06. The molecule has 0 aromatic heterocycles. The Balaban J connectivity index is 2.08. The summed E-state index contributed by atoms with van der Waals surface area (Å²) in [5.41, 5.74) is 0.0666. The SMILES string of the molecule is COc1cc(P)c(O[C@H]2CC[C@@H](C(=O)OC)CC2)cc1C(=O)O. The van der Waals surface area contributed by atoms with Gasteiger partial charge in [-0.15, -0.1) is 9.24 Å². The molecule has 1 fully saturated rings. The van der Waals surface area contributed by atoms with E-state index in [9.17, 15) is 14.7 Å². The standard InChI is InChI=1S/C16H21O6P/c1-20-12-8-14(23)13(7-11(12)15(17)18)22-10-5-3-9(4-6-10)16(19)21-2/h7-10H,3-6,23H2,1-2H3,(H,17,18)/t9-,10+. The van der Waals surface area contributed by atoms with Gasteiger partial charge in [0.15, 0.2) is 0 Å². The highest BCUT2D eigenvalue weighted by Crippen LogP contribution is 2.30. The second-order valence-corrected chi connectivity index (χ2v) is 6.13. The van der Waals surface area contributed by atoms with E-state index in [1.165, 1.54) is 20.3 Å². The number of esters is 1. The Labute approximate surface area is 137 Å². The Morgan fingerprint density at radius 2 is 1.78 bits per heavy atom. The van der Waals surface area contributed by atoms with Gasteiger partial charge in [0.1, 0.15) is 17.1 Å². The molecule has 7 heteroatoms. The van der Waals surface area contributed by atoms with Crippen molar-refractivity contribution in [2.24, 2.45) is 5.92 Å². The highest BCUT2D eigenvalue weighted by molar-refractivity contribution is 7.27.